The van der Waals surface area contributed by atoms with E-state index < -0.39 is 0 Å². The number of piperazine rings is 1. The molecule has 1 aromatic heterocycles. The Morgan fingerprint density at radius 3 is 2.42 bits per heavy atom. The number of carbonyl (C=O) groups excluding carboxylic acids is 1. The predicted octanol–water partition coefficient (Wildman–Crippen LogP) is 3.00. The van der Waals surface area contributed by atoms with Crippen molar-refractivity contribution in [2.45, 2.75) is 6.04 Å². The first-order valence-electron chi connectivity index (χ1n) is 8.87. The summed E-state index contributed by atoms with van der Waals surface area (Å²) in [4.78, 5) is 17.4. The lowest BCUT2D eigenvalue weighted by Crippen LogP contribution is -2.49. The van der Waals surface area contributed by atoms with Gasteiger partial charge in [-0.05, 0) is 24.7 Å². The van der Waals surface area contributed by atoms with Gasteiger partial charge in [0.2, 0.25) is 0 Å². The first-order valence-corrected chi connectivity index (χ1v) is 8.87. The quantitative estimate of drug-likeness (QED) is 0.732. The van der Waals surface area contributed by atoms with E-state index in [-0.39, 0.29) is 11.9 Å². The van der Waals surface area contributed by atoms with E-state index in [0.717, 1.165) is 18.8 Å². The van der Waals surface area contributed by atoms with Crippen LogP contribution in [0.4, 0.5) is 0 Å². The summed E-state index contributed by atoms with van der Waals surface area (Å²) >= 11 is 0. The van der Waals surface area contributed by atoms with Crippen LogP contribution in [0.15, 0.2) is 73.1 Å². The maximum atomic E-state index is 13.2. The van der Waals surface area contributed by atoms with Gasteiger partial charge in [0.15, 0.2) is 0 Å². The van der Waals surface area contributed by atoms with Crippen molar-refractivity contribution in [3.63, 3.8) is 0 Å². The third-order valence-electron chi connectivity index (χ3n) is 4.88. The molecular formula is C21H22N4O. The third kappa shape index (κ3) is 3.26. The molecule has 1 fully saturated rings. The zero-order valence-corrected chi connectivity index (χ0v) is 14.8. The maximum absolute atomic E-state index is 13.2. The molecule has 0 unspecified atom stereocenters. The zero-order valence-electron chi connectivity index (χ0n) is 14.8. The van der Waals surface area contributed by atoms with Crippen LogP contribution in [-0.2, 0) is 0 Å². The van der Waals surface area contributed by atoms with E-state index in [0.29, 0.717) is 12.1 Å². The predicted molar refractivity (Wildman–Crippen MR) is 101 cm³/mol. The fourth-order valence-corrected chi connectivity index (χ4v) is 3.44. The molecule has 1 amide bonds. The number of aromatic nitrogens is 2. The molecule has 1 atom stereocenters. The van der Waals surface area contributed by atoms with Gasteiger partial charge in [0, 0.05) is 25.8 Å². The number of nitrogens with zero attached hydrogens (tertiary/aromatic N) is 4. The minimum absolute atomic E-state index is 0.0362. The normalized spacial score (nSPS) is 18.0. The fourth-order valence-electron chi connectivity index (χ4n) is 3.44. The minimum Gasteiger partial charge on any atom is -0.329 e. The van der Waals surface area contributed by atoms with Crippen molar-refractivity contribution in [3.05, 3.63) is 84.2 Å². The lowest BCUT2D eigenvalue weighted by Gasteiger charge is -2.40. The number of hydrogen-bond donors (Lipinski definition) is 0. The van der Waals surface area contributed by atoms with Crippen molar-refractivity contribution in [1.82, 2.24) is 19.6 Å². The number of hydrogen-bond acceptors (Lipinski definition) is 3. The molecule has 0 saturated carbocycles. The van der Waals surface area contributed by atoms with E-state index in [1.165, 1.54) is 5.56 Å². The number of likely N-dealkylation sites (N-methyl/N-ethyl adjacent to an activating group) is 1. The first-order chi connectivity index (χ1) is 12.7. The number of carbonyl (C=O) groups is 1. The van der Waals surface area contributed by atoms with Gasteiger partial charge in [0.05, 0.1) is 23.5 Å². The van der Waals surface area contributed by atoms with Gasteiger partial charge in [-0.15, -0.1) is 0 Å². The molecule has 132 valence electrons. The van der Waals surface area contributed by atoms with Gasteiger partial charge in [0.1, 0.15) is 0 Å². The monoisotopic (exact) mass is 346 g/mol. The first kappa shape index (κ1) is 16.5. The van der Waals surface area contributed by atoms with Crippen molar-refractivity contribution in [2.75, 3.05) is 26.7 Å². The molecule has 26 heavy (non-hydrogen) atoms. The van der Waals surface area contributed by atoms with E-state index in [4.69, 9.17) is 0 Å². The van der Waals surface area contributed by atoms with E-state index in [1.54, 1.807) is 10.9 Å². The zero-order chi connectivity index (χ0) is 17.9. The molecular weight excluding hydrogens is 324 g/mol. The largest absolute Gasteiger partial charge is 0.329 e. The van der Waals surface area contributed by atoms with Gasteiger partial charge < -0.3 is 9.80 Å². The molecule has 1 saturated heterocycles. The standard InChI is InChI=1S/C21H22N4O/c1-23-12-13-24(20(16-23)17-8-4-2-5-9-17)21(26)18-14-22-25(15-18)19-10-6-3-7-11-19/h2-11,14-15,20H,12-13,16H2,1H3/t20-/m0/s1. The highest BCUT2D eigenvalue weighted by Gasteiger charge is 2.31. The lowest BCUT2D eigenvalue weighted by atomic mass is 10.0. The SMILES string of the molecule is CN1CCN(C(=O)c2cnn(-c3ccccc3)c2)[C@H](c2ccccc2)C1. The van der Waals surface area contributed by atoms with Crippen molar-refractivity contribution in [1.29, 1.82) is 0 Å². The smallest absolute Gasteiger partial charge is 0.257 e. The summed E-state index contributed by atoms with van der Waals surface area (Å²) < 4.78 is 1.75. The van der Waals surface area contributed by atoms with Gasteiger partial charge in [0.25, 0.3) is 5.91 Å². The average molecular weight is 346 g/mol. The second kappa shape index (κ2) is 7.14. The van der Waals surface area contributed by atoms with Crippen LogP contribution in [0.1, 0.15) is 22.0 Å². The summed E-state index contributed by atoms with van der Waals surface area (Å²) in [5.41, 5.74) is 2.74. The van der Waals surface area contributed by atoms with Gasteiger partial charge >= 0.3 is 0 Å². The second-order valence-corrected chi connectivity index (χ2v) is 6.70. The molecule has 2 heterocycles. The Balaban J connectivity index is 1.61. The van der Waals surface area contributed by atoms with Crippen LogP contribution in [0.5, 0.6) is 0 Å². The summed E-state index contributed by atoms with van der Waals surface area (Å²) in [6.07, 6.45) is 3.48. The van der Waals surface area contributed by atoms with Crippen molar-refractivity contribution in [3.8, 4) is 5.69 Å². The molecule has 0 N–H and O–H groups in total. The molecule has 3 aromatic rings. The van der Waals surface area contributed by atoms with Gasteiger partial charge in [-0.1, -0.05) is 48.5 Å². The van der Waals surface area contributed by atoms with Crippen LogP contribution in [0.2, 0.25) is 0 Å². The molecule has 1 aliphatic heterocycles. The molecule has 0 aliphatic carbocycles. The minimum atomic E-state index is 0.0362. The number of benzene rings is 2. The summed E-state index contributed by atoms with van der Waals surface area (Å²) in [7, 11) is 2.10. The van der Waals surface area contributed by atoms with Crippen LogP contribution < -0.4 is 0 Å². The molecule has 0 bridgehead atoms. The van der Waals surface area contributed by atoms with Crippen molar-refractivity contribution < 1.29 is 4.79 Å². The average Bonchev–Trinajstić information content (AvgIpc) is 3.19. The molecule has 0 radical (unpaired) electrons. The summed E-state index contributed by atoms with van der Waals surface area (Å²) in [5, 5.41) is 4.37. The summed E-state index contributed by atoms with van der Waals surface area (Å²) in [6, 6.07) is 20.2. The van der Waals surface area contributed by atoms with Crippen LogP contribution >= 0.6 is 0 Å². The van der Waals surface area contributed by atoms with Crippen molar-refractivity contribution in [2.24, 2.45) is 0 Å². The van der Waals surface area contributed by atoms with Crippen LogP contribution in [0, 0.1) is 0 Å². The highest BCUT2D eigenvalue weighted by atomic mass is 16.2. The highest BCUT2D eigenvalue weighted by molar-refractivity contribution is 5.94. The number of para-hydroxylation sites is 1. The molecule has 4 rings (SSSR count). The van der Waals surface area contributed by atoms with Gasteiger partial charge in [-0.25, -0.2) is 4.68 Å². The number of rotatable bonds is 3. The van der Waals surface area contributed by atoms with Gasteiger partial charge in [-0.3, -0.25) is 4.79 Å². The Bertz CT molecular complexity index is 875. The van der Waals surface area contributed by atoms with Gasteiger partial charge in [-0.2, -0.15) is 5.10 Å². The Morgan fingerprint density at radius 1 is 1.00 bits per heavy atom. The second-order valence-electron chi connectivity index (χ2n) is 6.70. The highest BCUT2D eigenvalue weighted by Crippen LogP contribution is 2.26. The van der Waals surface area contributed by atoms with Crippen LogP contribution in [-0.4, -0.2) is 52.2 Å². The van der Waals surface area contributed by atoms with Crippen LogP contribution in [0.25, 0.3) is 5.69 Å². The molecule has 5 nitrogen and oxygen atoms in total. The molecule has 0 spiro atoms. The summed E-state index contributed by atoms with van der Waals surface area (Å²) in [5.74, 6) is 0.0362. The maximum Gasteiger partial charge on any atom is 0.257 e. The Kier molecular flexibility index (Phi) is 4.54. The number of amides is 1. The van der Waals surface area contributed by atoms with E-state index >= 15 is 0 Å². The van der Waals surface area contributed by atoms with Crippen LogP contribution in [0.3, 0.4) is 0 Å². The third-order valence-corrected chi connectivity index (χ3v) is 4.88. The Morgan fingerprint density at radius 2 is 1.69 bits per heavy atom. The van der Waals surface area contributed by atoms with E-state index in [9.17, 15) is 4.79 Å². The lowest BCUT2D eigenvalue weighted by molar-refractivity contribution is 0.0498. The Labute approximate surface area is 153 Å². The van der Waals surface area contributed by atoms with E-state index in [1.807, 2.05) is 59.6 Å². The molecule has 2 aromatic carbocycles. The van der Waals surface area contributed by atoms with Crippen molar-refractivity contribution >= 4 is 5.91 Å². The topological polar surface area (TPSA) is 41.4 Å². The summed E-state index contributed by atoms with van der Waals surface area (Å²) in [6.45, 7) is 2.43. The molecule has 5 heteroatoms. The fraction of sp³-hybridized carbons (Fsp3) is 0.238. The Hall–Kier alpha value is -2.92. The van der Waals surface area contributed by atoms with E-state index in [2.05, 4.69) is 29.2 Å². The molecule has 1 aliphatic rings.